The van der Waals surface area contributed by atoms with E-state index in [1.54, 1.807) is 7.05 Å². The molecule has 0 amide bonds. The number of rotatable bonds is 13. The molecule has 1 aliphatic rings. The Morgan fingerprint density at radius 1 is 1.24 bits per heavy atom. The minimum absolute atomic E-state index is 0.168. The molecule has 0 aliphatic heterocycles. The van der Waals surface area contributed by atoms with Gasteiger partial charge in [0.05, 0.1) is 42.1 Å². The third-order valence-electron chi connectivity index (χ3n) is 5.68. The van der Waals surface area contributed by atoms with Crippen LogP contribution in [-0.2, 0) is 11.3 Å². The number of pyridine rings is 1. The minimum Gasteiger partial charge on any atom is -0.489 e. The molecule has 2 aromatic heterocycles. The molecule has 5 N–H and O–H groups in total. The molecule has 188 valence electrons. The van der Waals surface area contributed by atoms with Gasteiger partial charge in [0, 0.05) is 13.7 Å². The summed E-state index contributed by atoms with van der Waals surface area (Å²) in [5, 5.41) is 8.37. The highest BCUT2D eigenvalue weighted by atomic mass is 19.1. The number of likely N-dealkylation sites (N-methyl/N-ethyl adjacent to an activating group) is 1. The molecule has 0 bridgehead atoms. The molecule has 10 nitrogen and oxygen atoms in total. The Kier molecular flexibility index (Phi) is 9.89. The number of nitrogens with two attached hydrogens (primary N) is 2. The zero-order chi connectivity index (χ0) is 24.3. The van der Waals surface area contributed by atoms with E-state index in [0.717, 1.165) is 24.3 Å². The molecule has 0 aromatic carbocycles. The Balaban J connectivity index is 1.60. The average Bonchev–Trinajstić information content (AvgIpc) is 3.28. The predicted molar refractivity (Wildman–Crippen MR) is 127 cm³/mol. The standard InChI is InChI=1S/C23H36FN7O3/c1-16-20(33-17-8-4-3-5-9-17)11-10-18(28-16)22(25)19(31(2)26)14-27-23-29-21(34-30-23)15-32-13-7-6-12-24/h10-11,17H,3-9,12-15,25-26H2,1-2H3,(H,27,30)/b22-19-. The lowest BCUT2D eigenvalue weighted by Gasteiger charge is -2.24. The Hall–Kier alpha value is -2.92. The van der Waals surface area contributed by atoms with E-state index in [9.17, 15) is 4.39 Å². The number of hydrogen-bond acceptors (Lipinski definition) is 10. The van der Waals surface area contributed by atoms with Gasteiger partial charge in [0.25, 0.3) is 11.8 Å². The average molecular weight is 478 g/mol. The number of halogens is 1. The van der Waals surface area contributed by atoms with Gasteiger partial charge >= 0.3 is 0 Å². The summed E-state index contributed by atoms with van der Waals surface area (Å²) >= 11 is 0. The van der Waals surface area contributed by atoms with Crippen molar-refractivity contribution in [2.75, 3.05) is 32.2 Å². The van der Waals surface area contributed by atoms with E-state index in [-0.39, 0.29) is 31.9 Å². The summed E-state index contributed by atoms with van der Waals surface area (Å²) in [4.78, 5) is 8.88. The Bertz CT molecular complexity index is 929. The van der Waals surface area contributed by atoms with Crippen LogP contribution in [0.5, 0.6) is 5.75 Å². The van der Waals surface area contributed by atoms with Crippen molar-refractivity contribution in [2.45, 2.75) is 64.6 Å². The van der Waals surface area contributed by atoms with Crippen LogP contribution in [-0.4, -0.2) is 53.1 Å². The molecule has 0 spiro atoms. The molecule has 2 heterocycles. The van der Waals surface area contributed by atoms with Gasteiger partial charge in [-0.25, -0.2) is 10.8 Å². The fourth-order valence-corrected chi connectivity index (χ4v) is 3.75. The monoisotopic (exact) mass is 477 g/mol. The van der Waals surface area contributed by atoms with Gasteiger partial charge in [0.15, 0.2) is 0 Å². The van der Waals surface area contributed by atoms with Crippen LogP contribution in [0, 0.1) is 6.92 Å². The first-order valence-electron chi connectivity index (χ1n) is 11.8. The smallest absolute Gasteiger partial charge is 0.263 e. The fourth-order valence-electron chi connectivity index (χ4n) is 3.75. The number of anilines is 1. The lowest BCUT2D eigenvalue weighted by molar-refractivity contribution is 0.0935. The predicted octanol–water partition coefficient (Wildman–Crippen LogP) is 3.30. The molecule has 0 unspecified atom stereocenters. The van der Waals surface area contributed by atoms with Gasteiger partial charge in [-0.15, -0.1) is 0 Å². The molecule has 3 rings (SSSR count). The largest absolute Gasteiger partial charge is 0.489 e. The molecule has 0 atom stereocenters. The maximum Gasteiger partial charge on any atom is 0.263 e. The Labute approximate surface area is 199 Å². The lowest BCUT2D eigenvalue weighted by atomic mass is 9.98. The van der Waals surface area contributed by atoms with Gasteiger partial charge < -0.3 is 30.1 Å². The van der Waals surface area contributed by atoms with E-state index in [4.69, 9.17) is 25.6 Å². The number of nitrogens with one attached hydrogen (secondary N) is 1. The first kappa shape index (κ1) is 25.7. The van der Waals surface area contributed by atoms with Gasteiger partial charge in [0.1, 0.15) is 12.4 Å². The molecule has 0 saturated heterocycles. The molecule has 1 saturated carbocycles. The van der Waals surface area contributed by atoms with E-state index < -0.39 is 0 Å². The third kappa shape index (κ3) is 7.56. The zero-order valence-electron chi connectivity index (χ0n) is 20.1. The highest BCUT2D eigenvalue weighted by Crippen LogP contribution is 2.26. The van der Waals surface area contributed by atoms with Crippen LogP contribution in [0.3, 0.4) is 0 Å². The van der Waals surface area contributed by atoms with E-state index >= 15 is 0 Å². The quantitative estimate of drug-likeness (QED) is 0.224. The first-order chi connectivity index (χ1) is 16.5. The fraction of sp³-hybridized carbons (Fsp3) is 0.609. The Morgan fingerprint density at radius 2 is 2.03 bits per heavy atom. The number of alkyl halides is 1. The second-order valence-electron chi connectivity index (χ2n) is 8.44. The molecule has 34 heavy (non-hydrogen) atoms. The van der Waals surface area contributed by atoms with Crippen molar-refractivity contribution in [3.63, 3.8) is 0 Å². The number of hydrogen-bond donors (Lipinski definition) is 3. The maximum atomic E-state index is 12.1. The van der Waals surface area contributed by atoms with Crippen LogP contribution < -0.4 is 21.6 Å². The summed E-state index contributed by atoms with van der Waals surface area (Å²) in [5.74, 6) is 7.44. The van der Waals surface area contributed by atoms with E-state index in [1.165, 1.54) is 24.3 Å². The highest BCUT2D eigenvalue weighted by Gasteiger charge is 2.18. The van der Waals surface area contributed by atoms with Gasteiger partial charge in [-0.2, -0.15) is 4.98 Å². The molecule has 11 heteroatoms. The number of aromatic nitrogens is 3. The SMILES string of the molecule is Cc1nc(/C(N)=C(\CNc2noc(COCCCCF)n2)N(C)N)ccc1OC1CCCCC1. The van der Waals surface area contributed by atoms with Gasteiger partial charge in [-0.3, -0.25) is 4.39 Å². The summed E-state index contributed by atoms with van der Waals surface area (Å²) in [6, 6.07) is 3.76. The van der Waals surface area contributed by atoms with Crippen molar-refractivity contribution in [1.29, 1.82) is 0 Å². The number of unbranched alkanes of at least 4 members (excludes halogenated alkanes) is 1. The van der Waals surface area contributed by atoms with Crippen molar-refractivity contribution < 1.29 is 18.4 Å². The summed E-state index contributed by atoms with van der Waals surface area (Å²) in [6.45, 7) is 2.43. The van der Waals surface area contributed by atoms with Crippen LogP contribution in [0.4, 0.5) is 10.3 Å². The number of ether oxygens (including phenoxy) is 2. The van der Waals surface area contributed by atoms with Crippen molar-refractivity contribution in [3.05, 3.63) is 35.1 Å². The summed E-state index contributed by atoms with van der Waals surface area (Å²) in [6.07, 6.45) is 7.24. The van der Waals surface area contributed by atoms with E-state index in [2.05, 4.69) is 20.4 Å². The normalized spacial score (nSPS) is 15.2. The molecular formula is C23H36FN7O3. The maximum absolute atomic E-state index is 12.1. The summed E-state index contributed by atoms with van der Waals surface area (Å²) in [7, 11) is 1.70. The summed E-state index contributed by atoms with van der Waals surface area (Å²) < 4.78 is 28.8. The van der Waals surface area contributed by atoms with E-state index in [0.29, 0.717) is 42.4 Å². The van der Waals surface area contributed by atoms with Crippen molar-refractivity contribution in [3.8, 4) is 5.75 Å². The van der Waals surface area contributed by atoms with Crippen LogP contribution >= 0.6 is 0 Å². The molecule has 1 aliphatic carbocycles. The third-order valence-corrected chi connectivity index (χ3v) is 5.68. The minimum atomic E-state index is -0.347. The van der Waals surface area contributed by atoms with Gasteiger partial charge in [-0.05, 0) is 62.7 Å². The number of aryl methyl sites for hydroxylation is 1. The molecule has 2 aromatic rings. The first-order valence-corrected chi connectivity index (χ1v) is 11.8. The second-order valence-corrected chi connectivity index (χ2v) is 8.44. The molecular weight excluding hydrogens is 441 g/mol. The zero-order valence-corrected chi connectivity index (χ0v) is 20.1. The molecule has 1 fully saturated rings. The van der Waals surface area contributed by atoms with E-state index in [1.807, 2.05) is 19.1 Å². The van der Waals surface area contributed by atoms with Crippen molar-refractivity contribution in [1.82, 2.24) is 20.1 Å². The lowest BCUT2D eigenvalue weighted by Crippen LogP contribution is -2.32. The Morgan fingerprint density at radius 3 is 2.74 bits per heavy atom. The van der Waals surface area contributed by atoms with Gasteiger partial charge in [-0.1, -0.05) is 6.42 Å². The van der Waals surface area contributed by atoms with Crippen LogP contribution in [0.2, 0.25) is 0 Å². The van der Waals surface area contributed by atoms with Crippen molar-refractivity contribution in [2.24, 2.45) is 11.6 Å². The van der Waals surface area contributed by atoms with Crippen LogP contribution in [0.25, 0.3) is 5.70 Å². The number of nitrogens with zero attached hydrogens (tertiary/aromatic N) is 4. The van der Waals surface area contributed by atoms with Crippen LogP contribution in [0.15, 0.2) is 22.4 Å². The molecule has 0 radical (unpaired) electrons. The number of hydrazine groups is 1. The van der Waals surface area contributed by atoms with Crippen molar-refractivity contribution >= 4 is 11.6 Å². The highest BCUT2D eigenvalue weighted by molar-refractivity contribution is 5.64. The second kappa shape index (κ2) is 13.1. The van der Waals surface area contributed by atoms with Crippen LogP contribution in [0.1, 0.15) is 62.2 Å². The topological polar surface area (TPSA) is 138 Å². The summed E-state index contributed by atoms with van der Waals surface area (Å²) in [5.41, 5.74) is 8.86. The van der Waals surface area contributed by atoms with Gasteiger partial charge in [0.2, 0.25) is 0 Å².